The highest BCUT2D eigenvalue weighted by Crippen LogP contribution is 2.15. The first-order valence-electron chi connectivity index (χ1n) is 5.87. The van der Waals surface area contributed by atoms with Crippen molar-refractivity contribution in [3.8, 4) is 0 Å². The van der Waals surface area contributed by atoms with E-state index < -0.39 is 5.97 Å². The number of nitrogens with one attached hydrogen (secondary N) is 1. The molecule has 0 aliphatic rings. The highest BCUT2D eigenvalue weighted by molar-refractivity contribution is 6.00. The number of rotatable bonds is 2. The molecule has 3 rings (SSSR count). The topological polar surface area (TPSA) is 76.5 Å². The van der Waals surface area contributed by atoms with Crippen LogP contribution in [0.4, 0.5) is 0 Å². The van der Waals surface area contributed by atoms with Gasteiger partial charge in [0, 0.05) is 5.39 Å². The molecule has 96 valence electrons. The Bertz CT molecular complexity index is 832. The van der Waals surface area contributed by atoms with Gasteiger partial charge in [-0.1, -0.05) is 12.1 Å². The number of aromatic nitrogens is 3. The molecule has 0 bridgehead atoms. The van der Waals surface area contributed by atoms with Gasteiger partial charge in [0.05, 0.1) is 12.1 Å². The first-order valence-corrected chi connectivity index (χ1v) is 5.87. The zero-order valence-electron chi connectivity index (χ0n) is 10.2. The molecule has 6 nitrogen and oxygen atoms in total. The Hall–Kier alpha value is -2.63. The average Bonchev–Trinajstić information content (AvgIpc) is 2.88. The van der Waals surface area contributed by atoms with E-state index in [0.717, 1.165) is 0 Å². The van der Waals surface area contributed by atoms with Crippen molar-refractivity contribution in [1.82, 2.24) is 14.6 Å². The van der Waals surface area contributed by atoms with E-state index >= 15 is 0 Å². The third-order valence-corrected chi connectivity index (χ3v) is 2.94. The molecule has 0 radical (unpaired) electrons. The maximum atomic E-state index is 12.4. The summed E-state index contributed by atoms with van der Waals surface area (Å²) >= 11 is 0. The Labute approximate surface area is 107 Å². The Kier molecular flexibility index (Phi) is 2.56. The molecular formula is C13H11N3O3. The van der Waals surface area contributed by atoms with Crippen molar-refractivity contribution in [3.05, 3.63) is 46.4 Å². The maximum absolute atomic E-state index is 12.4. The first-order chi connectivity index (χ1) is 9.24. The monoisotopic (exact) mass is 257 g/mol. The molecule has 19 heavy (non-hydrogen) atoms. The molecule has 0 unspecified atom stereocenters. The van der Waals surface area contributed by atoms with Crippen LogP contribution in [0.1, 0.15) is 17.3 Å². The quantitative estimate of drug-likeness (QED) is 0.703. The molecule has 0 saturated carbocycles. The smallest absolute Gasteiger partial charge is 0.345 e. The second kappa shape index (κ2) is 4.24. The van der Waals surface area contributed by atoms with Crippen LogP contribution in [0.5, 0.6) is 0 Å². The van der Waals surface area contributed by atoms with Crippen LogP contribution in [0.15, 0.2) is 35.4 Å². The van der Waals surface area contributed by atoms with Crippen molar-refractivity contribution in [2.24, 2.45) is 0 Å². The number of H-pyrrole nitrogens is 1. The van der Waals surface area contributed by atoms with Gasteiger partial charge in [0.25, 0.3) is 0 Å². The van der Waals surface area contributed by atoms with Gasteiger partial charge >= 0.3 is 5.97 Å². The van der Waals surface area contributed by atoms with E-state index in [-0.39, 0.29) is 17.6 Å². The predicted molar refractivity (Wildman–Crippen MR) is 69.3 cm³/mol. The SMILES string of the molecule is CCOC(=O)c1c(=O)c2ccccc2n2cn[nH]c12. The molecule has 0 aliphatic heterocycles. The third-order valence-electron chi connectivity index (χ3n) is 2.94. The maximum Gasteiger partial charge on any atom is 0.345 e. The molecule has 2 heterocycles. The number of nitrogens with zero attached hydrogens (tertiary/aromatic N) is 2. The van der Waals surface area contributed by atoms with Gasteiger partial charge in [-0.2, -0.15) is 5.10 Å². The molecule has 0 amide bonds. The number of benzene rings is 1. The van der Waals surface area contributed by atoms with Crippen molar-refractivity contribution >= 4 is 22.5 Å². The third kappa shape index (κ3) is 1.61. The summed E-state index contributed by atoms with van der Waals surface area (Å²) in [5, 5.41) is 7.02. The number of hydrogen-bond acceptors (Lipinski definition) is 4. The molecule has 0 fully saturated rings. The number of hydrogen-bond donors (Lipinski definition) is 1. The van der Waals surface area contributed by atoms with E-state index in [1.807, 2.05) is 6.07 Å². The van der Waals surface area contributed by atoms with Crippen molar-refractivity contribution in [1.29, 1.82) is 0 Å². The summed E-state index contributed by atoms with van der Waals surface area (Å²) in [7, 11) is 0. The number of carbonyl (C=O) groups is 1. The van der Waals surface area contributed by atoms with Gasteiger partial charge in [0.15, 0.2) is 11.2 Å². The molecule has 0 aliphatic carbocycles. The number of fused-ring (bicyclic) bond motifs is 3. The van der Waals surface area contributed by atoms with E-state index in [1.54, 1.807) is 29.5 Å². The molecule has 0 atom stereocenters. The fourth-order valence-electron chi connectivity index (χ4n) is 2.13. The first kappa shape index (κ1) is 11.5. The van der Waals surface area contributed by atoms with Crippen LogP contribution < -0.4 is 5.43 Å². The lowest BCUT2D eigenvalue weighted by Crippen LogP contribution is -2.20. The zero-order valence-corrected chi connectivity index (χ0v) is 10.2. The number of esters is 1. The summed E-state index contributed by atoms with van der Waals surface area (Å²) in [5.74, 6) is -0.639. The van der Waals surface area contributed by atoms with Crippen LogP contribution in [-0.2, 0) is 4.74 Å². The fourth-order valence-corrected chi connectivity index (χ4v) is 2.13. The minimum absolute atomic E-state index is 0.0157. The van der Waals surface area contributed by atoms with Crippen LogP contribution in [0.3, 0.4) is 0 Å². The van der Waals surface area contributed by atoms with Crippen molar-refractivity contribution < 1.29 is 9.53 Å². The largest absolute Gasteiger partial charge is 0.462 e. The Morgan fingerprint density at radius 1 is 1.42 bits per heavy atom. The van der Waals surface area contributed by atoms with E-state index in [0.29, 0.717) is 16.6 Å². The molecule has 1 aromatic carbocycles. The average molecular weight is 257 g/mol. The van der Waals surface area contributed by atoms with Gasteiger partial charge < -0.3 is 4.74 Å². The fraction of sp³-hybridized carbons (Fsp3) is 0.154. The normalized spacial score (nSPS) is 11.0. The van der Waals surface area contributed by atoms with Gasteiger partial charge in [-0.15, -0.1) is 0 Å². The molecular weight excluding hydrogens is 246 g/mol. The number of para-hydroxylation sites is 1. The number of carbonyl (C=O) groups excluding carboxylic acids is 1. The minimum Gasteiger partial charge on any atom is -0.462 e. The van der Waals surface area contributed by atoms with Crippen LogP contribution in [0.25, 0.3) is 16.6 Å². The zero-order chi connectivity index (χ0) is 13.4. The van der Waals surface area contributed by atoms with Crippen molar-refractivity contribution in [3.63, 3.8) is 0 Å². The molecule has 6 heteroatoms. The lowest BCUT2D eigenvalue weighted by molar-refractivity contribution is 0.0527. The second-order valence-electron chi connectivity index (χ2n) is 4.02. The highest BCUT2D eigenvalue weighted by atomic mass is 16.5. The highest BCUT2D eigenvalue weighted by Gasteiger charge is 2.20. The lowest BCUT2D eigenvalue weighted by atomic mass is 10.1. The van der Waals surface area contributed by atoms with Gasteiger partial charge in [-0.25, -0.2) is 4.79 Å². The molecule has 3 aromatic rings. The van der Waals surface area contributed by atoms with Gasteiger partial charge in [-0.05, 0) is 19.1 Å². The van der Waals surface area contributed by atoms with Gasteiger partial charge in [-0.3, -0.25) is 14.3 Å². The number of pyridine rings is 1. The number of ether oxygens (including phenoxy) is 1. The Morgan fingerprint density at radius 3 is 3.00 bits per heavy atom. The van der Waals surface area contributed by atoms with Gasteiger partial charge in [0.1, 0.15) is 6.33 Å². The van der Waals surface area contributed by atoms with Crippen LogP contribution in [0, 0.1) is 0 Å². The van der Waals surface area contributed by atoms with E-state index in [4.69, 9.17) is 4.74 Å². The Morgan fingerprint density at radius 2 is 2.21 bits per heavy atom. The molecule has 0 saturated heterocycles. The summed E-state index contributed by atoms with van der Waals surface area (Å²) in [5.41, 5.74) is 0.683. The molecule has 1 N–H and O–H groups in total. The van der Waals surface area contributed by atoms with Crippen molar-refractivity contribution in [2.75, 3.05) is 6.61 Å². The summed E-state index contributed by atoms with van der Waals surface area (Å²) in [4.78, 5) is 24.3. The minimum atomic E-state index is -0.639. The van der Waals surface area contributed by atoms with E-state index in [2.05, 4.69) is 10.2 Å². The van der Waals surface area contributed by atoms with Crippen molar-refractivity contribution in [2.45, 2.75) is 6.92 Å². The predicted octanol–water partition coefficient (Wildman–Crippen LogP) is 1.35. The van der Waals surface area contributed by atoms with Crippen LogP contribution >= 0.6 is 0 Å². The summed E-state index contributed by atoms with van der Waals surface area (Å²) in [6.07, 6.45) is 1.53. The summed E-state index contributed by atoms with van der Waals surface area (Å²) < 4.78 is 6.60. The number of aromatic amines is 1. The molecule has 0 spiro atoms. The van der Waals surface area contributed by atoms with E-state index in [1.165, 1.54) is 6.33 Å². The van der Waals surface area contributed by atoms with Crippen LogP contribution in [0.2, 0.25) is 0 Å². The standard InChI is InChI=1S/C13H11N3O3/c1-2-19-13(18)10-11(17)8-5-3-4-6-9(8)16-7-14-15-12(10)16/h3-7,15H,2H2,1H3. The second-order valence-corrected chi connectivity index (χ2v) is 4.02. The lowest BCUT2D eigenvalue weighted by Gasteiger charge is -2.06. The molecule has 2 aromatic heterocycles. The van der Waals surface area contributed by atoms with Gasteiger partial charge in [0.2, 0.25) is 5.43 Å². The summed E-state index contributed by atoms with van der Waals surface area (Å²) in [6, 6.07) is 7.06. The summed E-state index contributed by atoms with van der Waals surface area (Å²) in [6.45, 7) is 1.91. The van der Waals surface area contributed by atoms with E-state index in [9.17, 15) is 9.59 Å². The van der Waals surface area contributed by atoms with Crippen LogP contribution in [-0.4, -0.2) is 27.2 Å². The Balaban J connectivity index is 2.48.